The lowest BCUT2D eigenvalue weighted by atomic mass is 9.88. The molecular formula is C26H32N4O2S. The third-order valence-electron chi connectivity index (χ3n) is 7.30. The molecule has 0 spiro atoms. The molecule has 1 N–H and O–H groups in total. The minimum Gasteiger partial charge on any atom is -0.317 e. The van der Waals surface area contributed by atoms with Crippen molar-refractivity contribution in [2.75, 3.05) is 26.0 Å². The summed E-state index contributed by atoms with van der Waals surface area (Å²) in [5.41, 5.74) is 4.70. The Morgan fingerprint density at radius 2 is 1.70 bits per heavy atom. The van der Waals surface area contributed by atoms with Gasteiger partial charge in [0.1, 0.15) is 0 Å². The van der Waals surface area contributed by atoms with Crippen LogP contribution in [0.3, 0.4) is 0 Å². The molecule has 1 saturated carbocycles. The molecule has 1 aliphatic carbocycles. The second kappa shape index (κ2) is 9.47. The zero-order valence-corrected chi connectivity index (χ0v) is 20.1. The summed E-state index contributed by atoms with van der Waals surface area (Å²) < 4.78 is 26.2. The second-order valence-corrected chi connectivity index (χ2v) is 11.6. The van der Waals surface area contributed by atoms with Crippen molar-refractivity contribution in [3.05, 3.63) is 53.1 Å². The Morgan fingerprint density at radius 3 is 2.33 bits per heavy atom. The molecule has 0 radical (unpaired) electrons. The van der Waals surface area contributed by atoms with Crippen molar-refractivity contribution in [2.24, 2.45) is 21.1 Å². The summed E-state index contributed by atoms with van der Waals surface area (Å²) in [6.45, 7) is 2.36. The highest BCUT2D eigenvalue weighted by atomic mass is 32.2. The summed E-state index contributed by atoms with van der Waals surface area (Å²) in [6.07, 6.45) is 9.18. The molecule has 2 fully saturated rings. The Kier molecular flexibility index (Phi) is 6.43. The summed E-state index contributed by atoms with van der Waals surface area (Å²) in [6, 6.07) is 12.7. The molecule has 0 unspecified atom stereocenters. The van der Waals surface area contributed by atoms with Gasteiger partial charge in [-0.05, 0) is 66.4 Å². The predicted octanol–water partition coefficient (Wildman–Crippen LogP) is 5.13. The van der Waals surface area contributed by atoms with Crippen molar-refractivity contribution < 1.29 is 8.42 Å². The molecule has 2 aliphatic heterocycles. The molecule has 2 heterocycles. The minimum absolute atomic E-state index is 0.249. The minimum atomic E-state index is -3.49. The van der Waals surface area contributed by atoms with Gasteiger partial charge >= 0.3 is 0 Å². The van der Waals surface area contributed by atoms with E-state index in [1.54, 1.807) is 0 Å². The van der Waals surface area contributed by atoms with E-state index in [4.69, 9.17) is 0 Å². The van der Waals surface area contributed by atoms with E-state index in [1.165, 1.54) is 37.5 Å². The Labute approximate surface area is 196 Å². The lowest BCUT2D eigenvalue weighted by Crippen LogP contribution is -2.26. The number of benzene rings is 2. The van der Waals surface area contributed by atoms with Crippen molar-refractivity contribution in [1.82, 2.24) is 5.32 Å². The fourth-order valence-corrected chi connectivity index (χ4v) is 6.85. The first-order valence-corrected chi connectivity index (χ1v) is 14.0. The molecule has 33 heavy (non-hydrogen) atoms. The highest BCUT2D eigenvalue weighted by Crippen LogP contribution is 2.37. The highest BCUT2D eigenvalue weighted by molar-refractivity contribution is 7.90. The molecule has 0 aromatic heterocycles. The van der Waals surface area contributed by atoms with Gasteiger partial charge in [0.25, 0.3) is 0 Å². The van der Waals surface area contributed by atoms with E-state index < -0.39 is 9.84 Å². The Morgan fingerprint density at radius 1 is 0.970 bits per heavy atom. The van der Waals surface area contributed by atoms with Gasteiger partial charge in [-0.1, -0.05) is 62.1 Å². The smallest absolute Gasteiger partial charge is 0.180 e. The molecule has 174 valence electrons. The van der Waals surface area contributed by atoms with E-state index in [9.17, 15) is 8.42 Å². The van der Waals surface area contributed by atoms with Crippen LogP contribution in [-0.2, 0) is 16.3 Å². The van der Waals surface area contributed by atoms with E-state index >= 15 is 0 Å². The van der Waals surface area contributed by atoms with Crippen LogP contribution in [-0.4, -0.2) is 40.3 Å². The second-order valence-electron chi connectivity index (χ2n) is 9.61. The van der Waals surface area contributed by atoms with E-state index in [2.05, 4.69) is 50.9 Å². The van der Waals surface area contributed by atoms with Crippen molar-refractivity contribution in [3.63, 3.8) is 0 Å². The number of rotatable bonds is 6. The van der Waals surface area contributed by atoms with E-state index in [1.807, 2.05) is 6.07 Å². The number of nitrogens with one attached hydrogen (secondary N) is 1. The first-order valence-electron chi connectivity index (χ1n) is 12.1. The molecule has 0 amide bonds. The number of hydrogen-bond donors (Lipinski definition) is 1. The predicted molar refractivity (Wildman–Crippen MR) is 132 cm³/mol. The maximum absolute atomic E-state index is 13.1. The van der Waals surface area contributed by atoms with Crippen molar-refractivity contribution in [2.45, 2.75) is 55.8 Å². The normalized spacial score (nSPS) is 19.8. The van der Waals surface area contributed by atoms with Gasteiger partial charge in [-0.15, -0.1) is 5.11 Å². The Bertz CT molecular complexity index is 1170. The van der Waals surface area contributed by atoms with Crippen LogP contribution in [0.2, 0.25) is 0 Å². The summed E-state index contributed by atoms with van der Waals surface area (Å²) >= 11 is 0. The topological polar surface area (TPSA) is 83.2 Å². The van der Waals surface area contributed by atoms with Gasteiger partial charge < -0.3 is 5.32 Å². The van der Waals surface area contributed by atoms with Crippen LogP contribution < -0.4 is 5.32 Å². The molecule has 3 aliphatic rings. The average Bonchev–Trinajstić information content (AvgIpc) is 3.53. The largest absolute Gasteiger partial charge is 0.317 e. The lowest BCUT2D eigenvalue weighted by molar-refractivity contribution is 0.460. The van der Waals surface area contributed by atoms with Crippen LogP contribution in [0.1, 0.15) is 61.1 Å². The van der Waals surface area contributed by atoms with Gasteiger partial charge in [0.15, 0.2) is 22.3 Å². The number of amidine groups is 1. The maximum Gasteiger partial charge on any atom is 0.180 e. The number of hydrogen-bond acceptors (Lipinski definition) is 6. The SMILES string of the molecule is CS(=O)(=O)c1c(CC2CCCC2)ccc(-c2ccc(C3CCNCC3)cc2)c1C1=NCN=N1. The fourth-order valence-electron chi connectivity index (χ4n) is 5.65. The Hall–Kier alpha value is -2.38. The number of piperidine rings is 1. The molecule has 2 aromatic rings. The molecule has 2 aromatic carbocycles. The van der Waals surface area contributed by atoms with Gasteiger partial charge in [0.05, 0.1) is 4.90 Å². The number of azo groups is 1. The van der Waals surface area contributed by atoms with Gasteiger partial charge in [0.2, 0.25) is 0 Å². The number of aliphatic imine (C=N–C) groups is 1. The summed E-state index contributed by atoms with van der Waals surface area (Å²) in [5, 5.41) is 11.7. The zero-order valence-electron chi connectivity index (χ0n) is 19.3. The van der Waals surface area contributed by atoms with Crippen molar-refractivity contribution >= 4 is 15.7 Å². The van der Waals surface area contributed by atoms with Gasteiger partial charge in [0, 0.05) is 11.8 Å². The maximum atomic E-state index is 13.1. The third-order valence-corrected chi connectivity index (χ3v) is 8.51. The Balaban J connectivity index is 1.60. The third kappa shape index (κ3) is 4.80. The molecule has 1 saturated heterocycles. The van der Waals surface area contributed by atoms with E-state index in [0.717, 1.165) is 49.0 Å². The molecule has 7 heteroatoms. The van der Waals surface area contributed by atoms with Crippen LogP contribution in [0.4, 0.5) is 0 Å². The molecular weight excluding hydrogens is 432 g/mol. The molecule has 0 atom stereocenters. The molecule has 0 bridgehead atoms. The van der Waals surface area contributed by atoms with Crippen LogP contribution in [0.25, 0.3) is 11.1 Å². The lowest BCUT2D eigenvalue weighted by Gasteiger charge is -2.23. The fraction of sp³-hybridized carbons (Fsp3) is 0.500. The number of sulfone groups is 1. The van der Waals surface area contributed by atoms with Crippen LogP contribution in [0, 0.1) is 5.92 Å². The zero-order chi connectivity index (χ0) is 22.8. The van der Waals surface area contributed by atoms with Crippen molar-refractivity contribution in [3.8, 4) is 11.1 Å². The monoisotopic (exact) mass is 464 g/mol. The quantitative estimate of drug-likeness (QED) is 0.643. The summed E-state index contributed by atoms with van der Waals surface area (Å²) in [5.74, 6) is 1.55. The molecule has 5 rings (SSSR count). The summed E-state index contributed by atoms with van der Waals surface area (Å²) in [7, 11) is -3.49. The standard InChI is InChI=1S/C26H32N4O2S/c1-33(31,32)25-22(16-18-4-2-3-5-18)10-11-23(24(25)26-28-17-29-30-26)21-8-6-19(7-9-21)20-12-14-27-15-13-20/h6-11,18,20,27H,2-5,12-17H2,1H3. The first kappa shape index (κ1) is 22.4. The molecule has 6 nitrogen and oxygen atoms in total. The number of nitrogens with zero attached hydrogens (tertiary/aromatic N) is 3. The first-order chi connectivity index (χ1) is 16.0. The van der Waals surface area contributed by atoms with Crippen LogP contribution in [0.15, 0.2) is 56.5 Å². The van der Waals surface area contributed by atoms with Crippen molar-refractivity contribution in [1.29, 1.82) is 0 Å². The van der Waals surface area contributed by atoms with E-state index in [0.29, 0.717) is 28.1 Å². The highest BCUT2D eigenvalue weighted by Gasteiger charge is 2.28. The van der Waals surface area contributed by atoms with Crippen LogP contribution in [0.5, 0.6) is 0 Å². The van der Waals surface area contributed by atoms with Gasteiger partial charge in [-0.25, -0.2) is 13.4 Å². The van der Waals surface area contributed by atoms with Gasteiger partial charge in [-0.3, -0.25) is 0 Å². The van der Waals surface area contributed by atoms with E-state index in [-0.39, 0.29) is 6.67 Å². The van der Waals surface area contributed by atoms with Crippen LogP contribution >= 0.6 is 0 Å². The summed E-state index contributed by atoms with van der Waals surface area (Å²) in [4.78, 5) is 4.83. The van der Waals surface area contributed by atoms with Gasteiger partial charge in [-0.2, -0.15) is 5.11 Å². The average molecular weight is 465 g/mol.